The van der Waals surface area contributed by atoms with Crippen molar-refractivity contribution in [2.24, 2.45) is 5.10 Å². The molecule has 0 unspecified atom stereocenters. The highest BCUT2D eigenvalue weighted by atomic mass is 79.9. The zero-order chi connectivity index (χ0) is 20.7. The minimum absolute atomic E-state index is 0.0498. The molecular weight excluding hydrogens is 470 g/mol. The van der Waals surface area contributed by atoms with Gasteiger partial charge in [0.2, 0.25) is 5.91 Å². The number of hydrazone groups is 1. The number of hydrogen-bond donors (Lipinski definition) is 1. The number of ether oxygens (including phenoxy) is 1. The monoisotopic (exact) mass is 489 g/mol. The van der Waals surface area contributed by atoms with E-state index >= 15 is 0 Å². The van der Waals surface area contributed by atoms with E-state index in [2.05, 4.69) is 39.5 Å². The molecule has 150 valence electrons. The molecule has 1 heterocycles. The first-order valence-corrected chi connectivity index (χ1v) is 11.8. The van der Waals surface area contributed by atoms with Crippen molar-refractivity contribution >= 4 is 51.6 Å². The molecule has 0 bridgehead atoms. The third kappa shape index (κ3) is 6.26. The lowest BCUT2D eigenvalue weighted by Crippen LogP contribution is -2.26. The Bertz CT molecular complexity index is 953. The van der Waals surface area contributed by atoms with Crippen molar-refractivity contribution in [2.45, 2.75) is 24.0 Å². The number of thioether (sulfide) groups is 2. The van der Waals surface area contributed by atoms with Crippen LogP contribution in [0.1, 0.15) is 30.0 Å². The molecule has 1 aliphatic rings. The van der Waals surface area contributed by atoms with Crippen LogP contribution in [0.3, 0.4) is 0 Å². The maximum atomic E-state index is 12.1. The van der Waals surface area contributed by atoms with Gasteiger partial charge < -0.3 is 4.74 Å². The van der Waals surface area contributed by atoms with Gasteiger partial charge in [0.25, 0.3) is 0 Å². The fourth-order valence-electron chi connectivity index (χ4n) is 2.79. The van der Waals surface area contributed by atoms with Crippen LogP contribution in [0.2, 0.25) is 0 Å². The minimum atomic E-state index is -0.0826. The smallest absolute Gasteiger partial charge is 0.242 e. The molecule has 1 N–H and O–H groups in total. The fraction of sp³-hybridized carbons (Fsp3) is 0.286. The summed E-state index contributed by atoms with van der Waals surface area (Å²) in [5.74, 6) is 2.76. The maximum absolute atomic E-state index is 12.1. The number of carbonyl (C=O) groups is 1. The third-order valence-corrected chi connectivity index (χ3v) is 8.17. The van der Waals surface area contributed by atoms with Crippen molar-refractivity contribution < 1.29 is 9.53 Å². The van der Waals surface area contributed by atoms with Crippen molar-refractivity contribution in [2.75, 3.05) is 11.5 Å². The average molecular weight is 490 g/mol. The van der Waals surface area contributed by atoms with Crippen LogP contribution in [0, 0.1) is 11.3 Å². The highest BCUT2D eigenvalue weighted by Gasteiger charge is 2.32. The molecule has 0 aromatic heterocycles. The fourth-order valence-corrected chi connectivity index (χ4v) is 6.13. The molecule has 0 aliphatic carbocycles. The summed E-state index contributed by atoms with van der Waals surface area (Å²) in [4.78, 5) is 12.1. The number of rotatable bonds is 7. The van der Waals surface area contributed by atoms with Crippen LogP contribution >= 0.6 is 39.5 Å². The number of hydrogen-bond acceptors (Lipinski definition) is 6. The molecule has 1 aliphatic heterocycles. The van der Waals surface area contributed by atoms with Gasteiger partial charge in [-0.05, 0) is 52.7 Å². The number of nitrogens with zero attached hydrogens (tertiary/aromatic N) is 2. The summed E-state index contributed by atoms with van der Waals surface area (Å²) in [6, 6.07) is 15.1. The highest BCUT2D eigenvalue weighted by molar-refractivity contribution is 9.10. The minimum Gasteiger partial charge on any atom is -0.488 e. The van der Waals surface area contributed by atoms with Gasteiger partial charge >= 0.3 is 0 Å². The number of nitrogens with one attached hydrogen (secondary N) is 1. The Hall–Kier alpha value is -1.95. The molecule has 1 amide bonds. The summed E-state index contributed by atoms with van der Waals surface area (Å²) in [6.45, 7) is 2.41. The standard InChI is InChI=1S/C21H20BrN3O2S2/c1-21(28-8-9-29-21)11-20(26)25-24-13-15-6-7-19(18(22)10-15)27-14-17-5-3-2-4-16(17)12-23/h2-7,10,13H,8-9,11,14H2,1H3,(H,25,26)/b24-13-. The quantitative estimate of drug-likeness (QED) is 0.440. The molecule has 1 fully saturated rings. The van der Waals surface area contributed by atoms with Gasteiger partial charge in [0.15, 0.2) is 0 Å². The zero-order valence-corrected chi connectivity index (χ0v) is 19.1. The third-order valence-electron chi connectivity index (χ3n) is 4.26. The molecule has 2 aromatic rings. The van der Waals surface area contributed by atoms with E-state index in [1.54, 1.807) is 12.3 Å². The lowest BCUT2D eigenvalue weighted by atomic mass is 10.1. The summed E-state index contributed by atoms with van der Waals surface area (Å²) >= 11 is 7.15. The van der Waals surface area contributed by atoms with Gasteiger partial charge in [0, 0.05) is 17.1 Å². The number of halogens is 1. The Labute approximate surface area is 187 Å². The summed E-state index contributed by atoms with van der Waals surface area (Å²) in [7, 11) is 0. The van der Waals surface area contributed by atoms with E-state index in [0.29, 0.717) is 24.3 Å². The number of carbonyl (C=O) groups excluding carboxylic acids is 1. The van der Waals surface area contributed by atoms with Crippen LogP contribution in [0.25, 0.3) is 0 Å². The maximum Gasteiger partial charge on any atom is 0.242 e. The van der Waals surface area contributed by atoms with E-state index in [1.165, 1.54) is 0 Å². The van der Waals surface area contributed by atoms with Gasteiger partial charge in [-0.3, -0.25) is 4.79 Å². The molecule has 0 atom stereocenters. The van der Waals surface area contributed by atoms with Crippen molar-refractivity contribution in [1.82, 2.24) is 5.43 Å². The molecular formula is C21H20BrN3O2S2. The van der Waals surface area contributed by atoms with E-state index < -0.39 is 0 Å². The number of nitriles is 1. The predicted molar refractivity (Wildman–Crippen MR) is 123 cm³/mol. The number of amides is 1. The topological polar surface area (TPSA) is 74.5 Å². The lowest BCUT2D eigenvalue weighted by molar-refractivity contribution is -0.121. The van der Waals surface area contributed by atoms with Crippen LogP contribution in [0.5, 0.6) is 5.75 Å². The van der Waals surface area contributed by atoms with Crippen LogP contribution in [-0.4, -0.2) is 27.7 Å². The Morgan fingerprint density at radius 3 is 2.83 bits per heavy atom. The van der Waals surface area contributed by atoms with Gasteiger partial charge in [-0.2, -0.15) is 10.4 Å². The second kappa shape index (κ2) is 10.2. The van der Waals surface area contributed by atoms with E-state index in [1.807, 2.05) is 59.9 Å². The van der Waals surface area contributed by atoms with Gasteiger partial charge in [0.05, 0.1) is 32.8 Å². The van der Waals surface area contributed by atoms with E-state index in [9.17, 15) is 4.79 Å². The molecule has 1 saturated heterocycles. The highest BCUT2D eigenvalue weighted by Crippen LogP contribution is 2.45. The van der Waals surface area contributed by atoms with E-state index in [-0.39, 0.29) is 9.99 Å². The van der Waals surface area contributed by atoms with Crippen LogP contribution in [0.4, 0.5) is 0 Å². The van der Waals surface area contributed by atoms with E-state index in [4.69, 9.17) is 10.00 Å². The molecule has 0 saturated carbocycles. The summed E-state index contributed by atoms with van der Waals surface area (Å²) in [5.41, 5.74) is 4.87. The largest absolute Gasteiger partial charge is 0.488 e. The van der Waals surface area contributed by atoms with Crippen LogP contribution < -0.4 is 10.2 Å². The van der Waals surface area contributed by atoms with Crippen LogP contribution in [-0.2, 0) is 11.4 Å². The van der Waals surface area contributed by atoms with Gasteiger partial charge in [-0.25, -0.2) is 5.43 Å². The van der Waals surface area contributed by atoms with Crippen molar-refractivity contribution in [1.29, 1.82) is 5.26 Å². The Kier molecular flexibility index (Phi) is 7.64. The predicted octanol–water partition coefficient (Wildman–Crippen LogP) is 4.94. The first-order valence-electron chi connectivity index (χ1n) is 8.99. The SMILES string of the molecule is CC1(CC(=O)N/N=C\c2ccc(OCc3ccccc3C#N)c(Br)c2)SCCS1. The van der Waals surface area contributed by atoms with Gasteiger partial charge in [-0.15, -0.1) is 23.5 Å². The second-order valence-corrected chi connectivity index (χ2v) is 10.9. The number of benzene rings is 2. The molecule has 5 nitrogen and oxygen atoms in total. The summed E-state index contributed by atoms with van der Waals surface area (Å²) in [6.07, 6.45) is 2.05. The Morgan fingerprint density at radius 1 is 1.34 bits per heavy atom. The molecule has 8 heteroatoms. The normalized spacial score (nSPS) is 15.2. The molecule has 0 spiro atoms. The summed E-state index contributed by atoms with van der Waals surface area (Å²) in [5, 5.41) is 13.2. The zero-order valence-electron chi connectivity index (χ0n) is 15.9. The molecule has 0 radical (unpaired) electrons. The Morgan fingerprint density at radius 2 is 2.10 bits per heavy atom. The second-order valence-electron chi connectivity index (χ2n) is 6.55. The van der Waals surface area contributed by atoms with Gasteiger partial charge in [0.1, 0.15) is 12.4 Å². The van der Waals surface area contributed by atoms with Crippen molar-refractivity contribution in [3.63, 3.8) is 0 Å². The van der Waals surface area contributed by atoms with Gasteiger partial charge in [-0.1, -0.05) is 18.2 Å². The van der Waals surface area contributed by atoms with Crippen LogP contribution in [0.15, 0.2) is 52.0 Å². The van der Waals surface area contributed by atoms with Crippen molar-refractivity contribution in [3.05, 3.63) is 63.6 Å². The first kappa shape index (κ1) is 21.8. The molecule has 2 aromatic carbocycles. The molecule has 29 heavy (non-hydrogen) atoms. The van der Waals surface area contributed by atoms with E-state index in [0.717, 1.165) is 27.1 Å². The Balaban J connectivity index is 1.54. The first-order chi connectivity index (χ1) is 14.0. The summed E-state index contributed by atoms with van der Waals surface area (Å²) < 4.78 is 6.55. The lowest BCUT2D eigenvalue weighted by Gasteiger charge is -2.19. The van der Waals surface area contributed by atoms with Crippen molar-refractivity contribution in [3.8, 4) is 11.8 Å². The average Bonchev–Trinajstić information content (AvgIpc) is 3.13. The molecule has 3 rings (SSSR count).